The van der Waals surface area contributed by atoms with Crippen LogP contribution in [0.2, 0.25) is 0 Å². The molecule has 2 aromatic rings. The van der Waals surface area contributed by atoms with Gasteiger partial charge < -0.3 is 20.0 Å². The van der Waals surface area contributed by atoms with E-state index in [1.807, 2.05) is 32.0 Å². The van der Waals surface area contributed by atoms with E-state index >= 15 is 0 Å². The van der Waals surface area contributed by atoms with Crippen molar-refractivity contribution in [3.8, 4) is 0 Å². The zero-order chi connectivity index (χ0) is 21.3. The second kappa shape index (κ2) is 8.55. The van der Waals surface area contributed by atoms with Gasteiger partial charge in [0.2, 0.25) is 11.8 Å². The first kappa shape index (κ1) is 20.5. The fraction of sp³-hybridized carbons (Fsp3) is 0.409. The summed E-state index contributed by atoms with van der Waals surface area (Å²) in [5.74, 6) is 0.438. The van der Waals surface area contributed by atoms with Crippen LogP contribution < -0.4 is 10.6 Å². The number of carbonyl (C=O) groups excluding carboxylic acids is 3. The molecule has 4 atom stereocenters. The van der Waals surface area contributed by atoms with Gasteiger partial charge in [0, 0.05) is 11.3 Å². The molecule has 2 aliphatic rings. The van der Waals surface area contributed by atoms with Gasteiger partial charge in [0.05, 0.1) is 12.8 Å². The largest absolute Gasteiger partial charge is 0.467 e. The Labute approximate surface area is 179 Å². The monoisotopic (exact) mass is 427 g/mol. The van der Waals surface area contributed by atoms with Crippen molar-refractivity contribution in [2.24, 2.45) is 5.92 Å². The number of benzene rings is 1. The maximum Gasteiger partial charge on any atom is 0.256 e. The van der Waals surface area contributed by atoms with Crippen LogP contribution in [0.15, 0.2) is 47.1 Å². The summed E-state index contributed by atoms with van der Waals surface area (Å²) in [6.45, 7) is 4.17. The number of furan rings is 1. The van der Waals surface area contributed by atoms with E-state index in [0.29, 0.717) is 17.1 Å². The standard InChI is InChI=1S/C22H25N3O4S/c1-3-13(2)18(20(27)23-11-14-7-6-10-29-14)24-19(26)17-12-30-22-16-9-5-4-8-15(16)21(28)25(17)22/h4-10,13,17-18,22H,3,11-12H2,1-2H3,(H,23,27)(H,24,26)/t13-,17+,18+,22-/m1/s1. The van der Waals surface area contributed by atoms with E-state index < -0.39 is 12.1 Å². The number of nitrogens with one attached hydrogen (secondary N) is 2. The molecular formula is C22H25N3O4S. The Morgan fingerprint density at radius 3 is 2.80 bits per heavy atom. The van der Waals surface area contributed by atoms with E-state index in [1.54, 1.807) is 41.1 Å². The van der Waals surface area contributed by atoms with Gasteiger partial charge in [-0.1, -0.05) is 38.5 Å². The van der Waals surface area contributed by atoms with Gasteiger partial charge in [0.25, 0.3) is 5.91 Å². The van der Waals surface area contributed by atoms with Crippen LogP contribution in [0.5, 0.6) is 0 Å². The summed E-state index contributed by atoms with van der Waals surface area (Å²) in [6.07, 6.45) is 2.28. The fourth-order valence-corrected chi connectivity index (χ4v) is 5.36. The van der Waals surface area contributed by atoms with E-state index in [9.17, 15) is 14.4 Å². The van der Waals surface area contributed by atoms with Crippen molar-refractivity contribution in [3.05, 3.63) is 59.5 Å². The highest BCUT2D eigenvalue weighted by atomic mass is 32.2. The highest BCUT2D eigenvalue weighted by Gasteiger charge is 2.48. The van der Waals surface area contributed by atoms with Crippen molar-refractivity contribution in [1.29, 1.82) is 0 Å². The molecule has 3 heterocycles. The van der Waals surface area contributed by atoms with E-state index in [4.69, 9.17) is 4.42 Å². The number of amides is 3. The minimum atomic E-state index is -0.679. The Kier molecular flexibility index (Phi) is 5.85. The molecule has 0 bridgehead atoms. The van der Waals surface area contributed by atoms with Crippen molar-refractivity contribution in [1.82, 2.24) is 15.5 Å². The van der Waals surface area contributed by atoms with Gasteiger partial charge in [0.1, 0.15) is 23.2 Å². The number of thioether (sulfide) groups is 1. The Morgan fingerprint density at radius 1 is 1.27 bits per heavy atom. The van der Waals surface area contributed by atoms with Crippen LogP contribution in [0.1, 0.15) is 47.3 Å². The van der Waals surface area contributed by atoms with Gasteiger partial charge in [-0.3, -0.25) is 14.4 Å². The first-order valence-electron chi connectivity index (χ1n) is 10.1. The van der Waals surface area contributed by atoms with Gasteiger partial charge in [-0.05, 0) is 29.7 Å². The third-order valence-corrected chi connectivity index (χ3v) is 7.11. The van der Waals surface area contributed by atoms with Gasteiger partial charge in [-0.25, -0.2) is 0 Å². The molecule has 1 saturated heterocycles. The quantitative estimate of drug-likeness (QED) is 0.709. The topological polar surface area (TPSA) is 91.7 Å². The molecule has 0 saturated carbocycles. The molecule has 3 amide bonds. The van der Waals surface area contributed by atoms with Crippen LogP contribution >= 0.6 is 11.8 Å². The Bertz CT molecular complexity index is 946. The third-order valence-electron chi connectivity index (χ3n) is 5.80. The van der Waals surface area contributed by atoms with Gasteiger partial charge in [-0.15, -0.1) is 11.8 Å². The Balaban J connectivity index is 1.45. The number of fused-ring (bicyclic) bond motifs is 3. The lowest BCUT2D eigenvalue weighted by Crippen LogP contribution is -2.55. The zero-order valence-electron chi connectivity index (χ0n) is 17.0. The lowest BCUT2D eigenvalue weighted by molar-refractivity contribution is -0.132. The number of hydrogen-bond donors (Lipinski definition) is 2. The first-order valence-corrected chi connectivity index (χ1v) is 11.2. The van der Waals surface area contributed by atoms with Crippen LogP contribution in [-0.4, -0.2) is 40.5 Å². The molecule has 0 radical (unpaired) electrons. The SMILES string of the molecule is CC[C@@H](C)[C@H](NC(=O)[C@@H]1CS[C@@H]2c3ccccc3C(=O)N21)C(=O)NCc1ccco1. The van der Waals surface area contributed by atoms with Gasteiger partial charge >= 0.3 is 0 Å². The summed E-state index contributed by atoms with van der Waals surface area (Å²) in [5, 5.41) is 5.60. The molecule has 2 N–H and O–H groups in total. The van der Waals surface area contributed by atoms with Crippen molar-refractivity contribution >= 4 is 29.5 Å². The molecule has 4 rings (SSSR count). The fourth-order valence-electron chi connectivity index (χ4n) is 3.89. The molecule has 7 nitrogen and oxygen atoms in total. The zero-order valence-corrected chi connectivity index (χ0v) is 17.8. The average molecular weight is 428 g/mol. The number of hydrogen-bond acceptors (Lipinski definition) is 5. The van der Waals surface area contributed by atoms with Crippen LogP contribution in [0.25, 0.3) is 0 Å². The lowest BCUT2D eigenvalue weighted by Gasteiger charge is -2.27. The number of carbonyl (C=O) groups is 3. The van der Waals surface area contributed by atoms with Crippen LogP contribution in [0, 0.1) is 5.92 Å². The summed E-state index contributed by atoms with van der Waals surface area (Å²) in [4.78, 5) is 40.5. The minimum absolute atomic E-state index is 0.0538. The van der Waals surface area contributed by atoms with Crippen LogP contribution in [0.3, 0.4) is 0 Å². The second-order valence-electron chi connectivity index (χ2n) is 7.67. The molecule has 0 aliphatic carbocycles. The summed E-state index contributed by atoms with van der Waals surface area (Å²) >= 11 is 1.59. The summed E-state index contributed by atoms with van der Waals surface area (Å²) < 4.78 is 5.25. The molecule has 1 fully saturated rings. The van der Waals surface area contributed by atoms with Gasteiger partial charge in [0.15, 0.2) is 0 Å². The molecule has 1 aromatic heterocycles. The Hall–Kier alpha value is -2.74. The smallest absolute Gasteiger partial charge is 0.256 e. The van der Waals surface area contributed by atoms with Crippen LogP contribution in [-0.2, 0) is 16.1 Å². The third kappa shape index (κ3) is 3.71. The highest BCUT2D eigenvalue weighted by Crippen LogP contribution is 2.48. The van der Waals surface area contributed by atoms with E-state index in [2.05, 4.69) is 10.6 Å². The highest BCUT2D eigenvalue weighted by molar-refractivity contribution is 7.99. The summed E-state index contributed by atoms with van der Waals surface area (Å²) in [5.41, 5.74) is 1.61. The van der Waals surface area contributed by atoms with E-state index in [-0.39, 0.29) is 35.6 Å². The maximum absolute atomic E-state index is 13.1. The molecule has 30 heavy (non-hydrogen) atoms. The predicted octanol–water partition coefficient (Wildman–Crippen LogP) is 2.70. The molecule has 1 aromatic carbocycles. The predicted molar refractivity (Wildman–Crippen MR) is 114 cm³/mol. The normalized spacial score (nSPS) is 21.7. The van der Waals surface area contributed by atoms with Crippen molar-refractivity contribution < 1.29 is 18.8 Å². The number of rotatable bonds is 7. The van der Waals surface area contributed by atoms with E-state index in [0.717, 1.165) is 12.0 Å². The minimum Gasteiger partial charge on any atom is -0.467 e. The molecule has 0 unspecified atom stereocenters. The molecular weight excluding hydrogens is 402 g/mol. The van der Waals surface area contributed by atoms with Gasteiger partial charge in [-0.2, -0.15) is 0 Å². The van der Waals surface area contributed by atoms with Crippen molar-refractivity contribution in [2.75, 3.05) is 5.75 Å². The molecule has 8 heteroatoms. The van der Waals surface area contributed by atoms with E-state index in [1.165, 1.54) is 0 Å². The first-order chi connectivity index (χ1) is 14.5. The van der Waals surface area contributed by atoms with Crippen molar-refractivity contribution in [2.45, 2.75) is 44.3 Å². The second-order valence-corrected chi connectivity index (χ2v) is 8.78. The maximum atomic E-state index is 13.1. The van der Waals surface area contributed by atoms with Crippen LogP contribution in [0.4, 0.5) is 0 Å². The molecule has 2 aliphatic heterocycles. The number of nitrogens with zero attached hydrogens (tertiary/aromatic N) is 1. The summed E-state index contributed by atoms with van der Waals surface area (Å²) in [6, 6.07) is 9.75. The van der Waals surface area contributed by atoms with Crippen molar-refractivity contribution in [3.63, 3.8) is 0 Å². The average Bonchev–Trinajstić information content (AvgIpc) is 3.49. The molecule has 0 spiro atoms. The summed E-state index contributed by atoms with van der Waals surface area (Å²) in [7, 11) is 0. The lowest BCUT2D eigenvalue weighted by atomic mass is 9.98. The Morgan fingerprint density at radius 2 is 2.07 bits per heavy atom. The molecule has 158 valence electrons.